The van der Waals surface area contributed by atoms with Crippen LogP contribution in [0.3, 0.4) is 0 Å². The third-order valence-electron chi connectivity index (χ3n) is 3.41. The summed E-state index contributed by atoms with van der Waals surface area (Å²) in [6.07, 6.45) is 3.48. The van der Waals surface area contributed by atoms with Crippen LogP contribution >= 0.6 is 0 Å². The third kappa shape index (κ3) is 2.89. The van der Waals surface area contributed by atoms with Gasteiger partial charge in [-0.3, -0.25) is 4.90 Å². The van der Waals surface area contributed by atoms with E-state index in [2.05, 4.69) is 43.0 Å². The van der Waals surface area contributed by atoms with Gasteiger partial charge in [0, 0.05) is 19.1 Å². The van der Waals surface area contributed by atoms with Crippen LogP contribution in [0.15, 0.2) is 30.3 Å². The van der Waals surface area contributed by atoms with Crippen molar-refractivity contribution < 1.29 is 4.74 Å². The fraction of sp³-hybridized carbons (Fsp3) is 0.467. The second-order valence-electron chi connectivity index (χ2n) is 4.80. The molecule has 92 valence electrons. The Morgan fingerprint density at radius 1 is 1.29 bits per heavy atom. The second-order valence-corrected chi connectivity index (χ2v) is 4.80. The second kappa shape index (κ2) is 5.37. The Kier molecular flexibility index (Phi) is 3.85. The Morgan fingerprint density at radius 3 is 2.71 bits per heavy atom. The van der Waals surface area contributed by atoms with Crippen molar-refractivity contribution in [3.05, 3.63) is 35.9 Å². The minimum Gasteiger partial charge on any atom is -0.497 e. The van der Waals surface area contributed by atoms with Crippen LogP contribution in [0.5, 0.6) is 5.75 Å². The summed E-state index contributed by atoms with van der Waals surface area (Å²) >= 11 is 0. The lowest BCUT2D eigenvalue weighted by Crippen LogP contribution is -2.34. The van der Waals surface area contributed by atoms with Crippen molar-refractivity contribution in [1.82, 2.24) is 4.90 Å². The zero-order valence-electron chi connectivity index (χ0n) is 10.9. The Morgan fingerprint density at radius 2 is 2.12 bits per heavy atom. The maximum Gasteiger partial charge on any atom is 0.119 e. The normalized spacial score (nSPS) is 17.1. The molecule has 0 saturated carbocycles. The van der Waals surface area contributed by atoms with Crippen LogP contribution in [0.4, 0.5) is 0 Å². The molecule has 1 heterocycles. The molecule has 0 aliphatic carbocycles. The van der Waals surface area contributed by atoms with E-state index >= 15 is 0 Å². The van der Waals surface area contributed by atoms with Gasteiger partial charge >= 0.3 is 0 Å². The zero-order chi connectivity index (χ0) is 12.3. The van der Waals surface area contributed by atoms with Gasteiger partial charge in [0.2, 0.25) is 0 Å². The first kappa shape index (κ1) is 12.2. The van der Waals surface area contributed by atoms with Crippen LogP contribution < -0.4 is 4.74 Å². The highest BCUT2D eigenvalue weighted by molar-refractivity contribution is 5.67. The summed E-state index contributed by atoms with van der Waals surface area (Å²) in [5, 5.41) is 0. The van der Waals surface area contributed by atoms with Crippen LogP contribution in [-0.4, -0.2) is 31.1 Å². The SMILES string of the molecule is COc1cccc(C2=CCN(C(C)C)CC2)c1. The molecule has 1 aliphatic rings. The van der Waals surface area contributed by atoms with Crippen molar-refractivity contribution >= 4 is 5.57 Å². The predicted molar refractivity (Wildman–Crippen MR) is 72.3 cm³/mol. The minimum atomic E-state index is 0.637. The molecule has 0 saturated heterocycles. The van der Waals surface area contributed by atoms with Crippen LogP contribution in [0.2, 0.25) is 0 Å². The molecule has 0 spiro atoms. The first-order valence-electron chi connectivity index (χ1n) is 6.28. The van der Waals surface area contributed by atoms with Crippen molar-refractivity contribution in [2.45, 2.75) is 26.3 Å². The van der Waals surface area contributed by atoms with Gasteiger partial charge in [-0.05, 0) is 43.5 Å². The van der Waals surface area contributed by atoms with Crippen molar-refractivity contribution in [3.8, 4) is 5.75 Å². The lowest BCUT2D eigenvalue weighted by Gasteiger charge is -2.29. The summed E-state index contributed by atoms with van der Waals surface area (Å²) in [5.41, 5.74) is 2.74. The van der Waals surface area contributed by atoms with E-state index in [4.69, 9.17) is 4.74 Å². The van der Waals surface area contributed by atoms with Crippen molar-refractivity contribution in [3.63, 3.8) is 0 Å². The van der Waals surface area contributed by atoms with Crippen molar-refractivity contribution in [2.24, 2.45) is 0 Å². The van der Waals surface area contributed by atoms with E-state index in [0.717, 1.165) is 25.3 Å². The quantitative estimate of drug-likeness (QED) is 0.792. The molecule has 0 N–H and O–H groups in total. The van der Waals surface area contributed by atoms with E-state index in [1.54, 1.807) is 7.11 Å². The molecule has 1 aromatic rings. The molecule has 0 atom stereocenters. The van der Waals surface area contributed by atoms with Gasteiger partial charge in [0.15, 0.2) is 0 Å². The van der Waals surface area contributed by atoms with Gasteiger partial charge in [0.1, 0.15) is 5.75 Å². The lowest BCUT2D eigenvalue weighted by atomic mass is 9.99. The number of nitrogens with zero attached hydrogens (tertiary/aromatic N) is 1. The lowest BCUT2D eigenvalue weighted by molar-refractivity contribution is 0.245. The number of hydrogen-bond donors (Lipinski definition) is 0. The Hall–Kier alpha value is -1.28. The highest BCUT2D eigenvalue weighted by atomic mass is 16.5. The molecule has 0 unspecified atom stereocenters. The summed E-state index contributed by atoms with van der Waals surface area (Å²) in [7, 11) is 1.72. The summed E-state index contributed by atoms with van der Waals surface area (Å²) in [4.78, 5) is 2.49. The van der Waals surface area contributed by atoms with Gasteiger partial charge in [-0.1, -0.05) is 18.2 Å². The minimum absolute atomic E-state index is 0.637. The Balaban J connectivity index is 2.13. The van der Waals surface area contributed by atoms with E-state index in [1.165, 1.54) is 11.1 Å². The molecule has 1 aliphatic heterocycles. The Labute approximate surface area is 104 Å². The van der Waals surface area contributed by atoms with Gasteiger partial charge in [-0.25, -0.2) is 0 Å². The van der Waals surface area contributed by atoms with Gasteiger partial charge in [-0.15, -0.1) is 0 Å². The van der Waals surface area contributed by atoms with Gasteiger partial charge in [-0.2, -0.15) is 0 Å². The number of ether oxygens (including phenoxy) is 1. The molecule has 0 aromatic heterocycles. The molecule has 2 heteroatoms. The van der Waals surface area contributed by atoms with Gasteiger partial charge in [0.05, 0.1) is 7.11 Å². The average Bonchev–Trinajstić information content (AvgIpc) is 2.39. The smallest absolute Gasteiger partial charge is 0.119 e. The largest absolute Gasteiger partial charge is 0.497 e. The van der Waals surface area contributed by atoms with Gasteiger partial charge < -0.3 is 4.74 Å². The van der Waals surface area contributed by atoms with Crippen LogP contribution in [-0.2, 0) is 0 Å². The Bertz CT molecular complexity index is 409. The van der Waals surface area contributed by atoms with Gasteiger partial charge in [0.25, 0.3) is 0 Å². The number of hydrogen-bond acceptors (Lipinski definition) is 2. The molecule has 2 nitrogen and oxygen atoms in total. The van der Waals surface area contributed by atoms with E-state index in [9.17, 15) is 0 Å². The monoisotopic (exact) mass is 231 g/mol. The summed E-state index contributed by atoms with van der Waals surface area (Å²) in [5.74, 6) is 0.940. The molecule has 17 heavy (non-hydrogen) atoms. The average molecular weight is 231 g/mol. The highest BCUT2D eigenvalue weighted by Gasteiger charge is 2.15. The third-order valence-corrected chi connectivity index (χ3v) is 3.41. The topological polar surface area (TPSA) is 12.5 Å². The molecule has 2 rings (SSSR count). The van der Waals surface area contributed by atoms with E-state index in [0.29, 0.717) is 6.04 Å². The number of methoxy groups -OCH3 is 1. The summed E-state index contributed by atoms with van der Waals surface area (Å²) in [6, 6.07) is 8.98. The highest BCUT2D eigenvalue weighted by Crippen LogP contribution is 2.25. The first-order chi connectivity index (χ1) is 8.20. The fourth-order valence-corrected chi connectivity index (χ4v) is 2.24. The van der Waals surface area contributed by atoms with E-state index in [1.807, 2.05) is 6.07 Å². The maximum atomic E-state index is 5.27. The molecule has 0 amide bonds. The van der Waals surface area contributed by atoms with Crippen LogP contribution in [0, 0.1) is 0 Å². The molecule has 0 bridgehead atoms. The summed E-state index contributed by atoms with van der Waals surface area (Å²) < 4.78 is 5.27. The molecular weight excluding hydrogens is 210 g/mol. The van der Waals surface area contributed by atoms with E-state index in [-0.39, 0.29) is 0 Å². The van der Waals surface area contributed by atoms with Crippen LogP contribution in [0.1, 0.15) is 25.8 Å². The summed E-state index contributed by atoms with van der Waals surface area (Å²) in [6.45, 7) is 6.72. The van der Waals surface area contributed by atoms with Crippen molar-refractivity contribution in [1.29, 1.82) is 0 Å². The van der Waals surface area contributed by atoms with Crippen molar-refractivity contribution in [2.75, 3.05) is 20.2 Å². The maximum absolute atomic E-state index is 5.27. The van der Waals surface area contributed by atoms with E-state index < -0.39 is 0 Å². The molecule has 0 radical (unpaired) electrons. The zero-order valence-corrected chi connectivity index (χ0v) is 10.9. The molecular formula is C15H21NO. The predicted octanol–water partition coefficient (Wildman–Crippen LogP) is 3.19. The fourth-order valence-electron chi connectivity index (χ4n) is 2.24. The molecule has 0 fully saturated rings. The van der Waals surface area contributed by atoms with Crippen LogP contribution in [0.25, 0.3) is 5.57 Å². The number of benzene rings is 1. The number of rotatable bonds is 3. The molecule has 1 aromatic carbocycles. The standard InChI is InChI=1S/C15H21NO/c1-12(2)16-9-7-13(8-10-16)14-5-4-6-15(11-14)17-3/h4-7,11-12H,8-10H2,1-3H3. The first-order valence-corrected chi connectivity index (χ1v) is 6.28.